The summed E-state index contributed by atoms with van der Waals surface area (Å²) in [6.07, 6.45) is 13.7. The topological polar surface area (TPSA) is 38.8 Å². The summed E-state index contributed by atoms with van der Waals surface area (Å²) in [7, 11) is 1.46. The third-order valence-electron chi connectivity index (χ3n) is 4.96. The van der Waals surface area contributed by atoms with Crippen molar-refractivity contribution in [3.8, 4) is 0 Å². The van der Waals surface area contributed by atoms with Crippen molar-refractivity contribution in [3.63, 3.8) is 0 Å². The molecule has 0 bridgehead atoms. The molecule has 0 aromatic carbocycles. The van der Waals surface area contributed by atoms with Crippen molar-refractivity contribution in [2.75, 3.05) is 7.11 Å². The number of epoxide rings is 1. The van der Waals surface area contributed by atoms with Gasteiger partial charge in [-0.25, -0.2) is 4.79 Å². The van der Waals surface area contributed by atoms with Crippen LogP contribution in [-0.4, -0.2) is 24.3 Å². The zero-order chi connectivity index (χ0) is 13.8. The van der Waals surface area contributed by atoms with E-state index >= 15 is 0 Å². The van der Waals surface area contributed by atoms with Gasteiger partial charge in [0, 0.05) is 0 Å². The summed E-state index contributed by atoms with van der Waals surface area (Å²) in [5, 5.41) is 0. The minimum atomic E-state index is -0.675. The van der Waals surface area contributed by atoms with Gasteiger partial charge in [0.25, 0.3) is 0 Å². The quantitative estimate of drug-likeness (QED) is 0.533. The van der Waals surface area contributed by atoms with Crippen molar-refractivity contribution in [2.45, 2.75) is 88.8 Å². The number of rotatable bonds is 1. The molecule has 2 fully saturated rings. The number of esters is 1. The van der Waals surface area contributed by atoms with Crippen LogP contribution in [0, 0.1) is 0 Å². The Hall–Kier alpha value is -0.570. The van der Waals surface area contributed by atoms with E-state index in [0.717, 1.165) is 12.8 Å². The van der Waals surface area contributed by atoms with Crippen molar-refractivity contribution in [1.82, 2.24) is 0 Å². The summed E-state index contributed by atoms with van der Waals surface area (Å²) in [5.74, 6) is -0.195. The Morgan fingerprint density at radius 1 is 0.895 bits per heavy atom. The van der Waals surface area contributed by atoms with Crippen LogP contribution in [-0.2, 0) is 14.3 Å². The summed E-state index contributed by atoms with van der Waals surface area (Å²) >= 11 is 0. The van der Waals surface area contributed by atoms with Crippen LogP contribution in [0.25, 0.3) is 0 Å². The first-order valence-electron chi connectivity index (χ1n) is 7.93. The average molecular weight is 268 g/mol. The molecule has 1 spiro atoms. The van der Waals surface area contributed by atoms with E-state index in [1.807, 2.05) is 6.92 Å². The average Bonchev–Trinajstić information content (AvgIpc) is 3.00. The van der Waals surface area contributed by atoms with E-state index in [1.54, 1.807) is 0 Å². The van der Waals surface area contributed by atoms with Crippen molar-refractivity contribution >= 4 is 5.97 Å². The molecule has 3 nitrogen and oxygen atoms in total. The minimum absolute atomic E-state index is 0.195. The second-order valence-electron chi connectivity index (χ2n) is 6.30. The predicted molar refractivity (Wildman–Crippen MR) is 75.0 cm³/mol. The number of carbonyl (C=O) groups is 1. The van der Waals surface area contributed by atoms with E-state index in [9.17, 15) is 4.79 Å². The fourth-order valence-electron chi connectivity index (χ4n) is 3.55. The molecule has 1 unspecified atom stereocenters. The van der Waals surface area contributed by atoms with Crippen LogP contribution in [0.2, 0.25) is 0 Å². The first kappa shape index (κ1) is 14.8. The van der Waals surface area contributed by atoms with E-state index in [2.05, 4.69) is 0 Å². The zero-order valence-electron chi connectivity index (χ0n) is 12.5. The molecule has 1 atom stereocenters. The molecule has 0 amide bonds. The molecule has 1 saturated carbocycles. The van der Waals surface area contributed by atoms with E-state index in [4.69, 9.17) is 9.47 Å². The number of methoxy groups -OCH3 is 1. The monoisotopic (exact) mass is 268 g/mol. The highest BCUT2D eigenvalue weighted by Crippen LogP contribution is 2.55. The number of hydrogen-bond donors (Lipinski definition) is 0. The van der Waals surface area contributed by atoms with Gasteiger partial charge in [-0.05, 0) is 19.8 Å². The summed E-state index contributed by atoms with van der Waals surface area (Å²) in [6, 6.07) is 0. The van der Waals surface area contributed by atoms with Crippen LogP contribution in [0.15, 0.2) is 0 Å². The van der Waals surface area contributed by atoms with Gasteiger partial charge in [-0.3, -0.25) is 0 Å². The van der Waals surface area contributed by atoms with Gasteiger partial charge in [0.05, 0.1) is 7.11 Å². The predicted octanol–water partition coefficient (Wildman–Crippen LogP) is 3.99. The highest BCUT2D eigenvalue weighted by Gasteiger charge is 2.71. The number of ether oxygens (including phenoxy) is 2. The molecule has 1 aliphatic heterocycles. The van der Waals surface area contributed by atoms with Gasteiger partial charge in [-0.1, -0.05) is 57.8 Å². The van der Waals surface area contributed by atoms with Crippen LogP contribution in [0.1, 0.15) is 77.6 Å². The summed E-state index contributed by atoms with van der Waals surface area (Å²) in [4.78, 5) is 11.9. The molecule has 110 valence electrons. The lowest BCUT2D eigenvalue weighted by Crippen LogP contribution is -2.32. The molecule has 1 heterocycles. The van der Waals surface area contributed by atoms with Gasteiger partial charge >= 0.3 is 5.97 Å². The zero-order valence-corrected chi connectivity index (χ0v) is 12.5. The second-order valence-corrected chi connectivity index (χ2v) is 6.30. The van der Waals surface area contributed by atoms with Gasteiger partial charge in [-0.2, -0.15) is 0 Å². The Morgan fingerprint density at radius 2 is 1.32 bits per heavy atom. The Kier molecular flexibility index (Phi) is 4.88. The van der Waals surface area contributed by atoms with Gasteiger partial charge in [0.15, 0.2) is 5.60 Å². The Bertz CT molecular complexity index is 301. The first-order chi connectivity index (χ1) is 9.15. The smallest absolute Gasteiger partial charge is 0.340 e. The number of hydrogen-bond acceptors (Lipinski definition) is 3. The van der Waals surface area contributed by atoms with E-state index in [-0.39, 0.29) is 11.6 Å². The summed E-state index contributed by atoms with van der Waals surface area (Å²) in [6.45, 7) is 1.91. The Labute approximate surface area is 117 Å². The molecule has 2 rings (SSSR count). The maximum absolute atomic E-state index is 11.9. The first-order valence-corrected chi connectivity index (χ1v) is 7.93. The fourth-order valence-corrected chi connectivity index (χ4v) is 3.55. The molecule has 0 aromatic heterocycles. The molecule has 1 saturated heterocycles. The highest BCUT2D eigenvalue weighted by atomic mass is 16.7. The molecule has 0 radical (unpaired) electrons. The molecule has 0 N–H and O–H groups in total. The standard InChI is InChI=1S/C16H28O3/c1-15(14(17)18-2)16(19-15)12-10-8-6-4-3-5-7-9-11-13-16/h3-13H2,1-2H3. The van der Waals surface area contributed by atoms with E-state index in [1.165, 1.54) is 64.9 Å². The van der Waals surface area contributed by atoms with Crippen LogP contribution in [0.4, 0.5) is 0 Å². The Balaban J connectivity index is 1.95. The largest absolute Gasteiger partial charge is 0.467 e. The SMILES string of the molecule is COC(=O)C1(C)OC12CCCCCCCCCCC2. The molecular formula is C16H28O3. The fraction of sp³-hybridized carbons (Fsp3) is 0.938. The number of carbonyl (C=O) groups excluding carboxylic acids is 1. The molecule has 1 aliphatic carbocycles. The lowest BCUT2D eigenvalue weighted by molar-refractivity contribution is -0.146. The normalized spacial score (nSPS) is 32.1. The van der Waals surface area contributed by atoms with Gasteiger partial charge in [0.1, 0.15) is 5.60 Å². The second kappa shape index (κ2) is 6.25. The molecule has 19 heavy (non-hydrogen) atoms. The maximum atomic E-state index is 11.9. The van der Waals surface area contributed by atoms with Crippen LogP contribution in [0.5, 0.6) is 0 Å². The molecular weight excluding hydrogens is 240 g/mol. The third kappa shape index (κ3) is 3.13. The minimum Gasteiger partial charge on any atom is -0.467 e. The highest BCUT2D eigenvalue weighted by molar-refractivity contribution is 5.84. The van der Waals surface area contributed by atoms with Crippen molar-refractivity contribution in [3.05, 3.63) is 0 Å². The van der Waals surface area contributed by atoms with Gasteiger partial charge < -0.3 is 9.47 Å². The molecule has 0 aromatic rings. The van der Waals surface area contributed by atoms with Crippen molar-refractivity contribution < 1.29 is 14.3 Å². The van der Waals surface area contributed by atoms with E-state index < -0.39 is 5.60 Å². The lowest BCUT2D eigenvalue weighted by Gasteiger charge is -2.17. The molecule has 3 heteroatoms. The maximum Gasteiger partial charge on any atom is 0.340 e. The van der Waals surface area contributed by atoms with Crippen LogP contribution >= 0.6 is 0 Å². The van der Waals surface area contributed by atoms with E-state index in [0.29, 0.717) is 0 Å². The van der Waals surface area contributed by atoms with Crippen LogP contribution in [0.3, 0.4) is 0 Å². The van der Waals surface area contributed by atoms with Crippen molar-refractivity contribution in [2.24, 2.45) is 0 Å². The van der Waals surface area contributed by atoms with Gasteiger partial charge in [0.2, 0.25) is 0 Å². The summed E-state index contributed by atoms with van der Waals surface area (Å²) in [5.41, 5.74) is -0.898. The molecule has 2 aliphatic rings. The van der Waals surface area contributed by atoms with Crippen molar-refractivity contribution in [1.29, 1.82) is 0 Å². The van der Waals surface area contributed by atoms with Gasteiger partial charge in [-0.15, -0.1) is 0 Å². The van der Waals surface area contributed by atoms with Crippen LogP contribution < -0.4 is 0 Å². The lowest BCUT2D eigenvalue weighted by atomic mass is 9.84. The Morgan fingerprint density at radius 3 is 1.74 bits per heavy atom. The third-order valence-corrected chi connectivity index (χ3v) is 4.96. The summed E-state index contributed by atoms with van der Waals surface area (Å²) < 4.78 is 10.8.